The van der Waals surface area contributed by atoms with E-state index in [4.69, 9.17) is 0 Å². The van der Waals surface area contributed by atoms with Crippen molar-refractivity contribution in [1.29, 1.82) is 0 Å². The summed E-state index contributed by atoms with van der Waals surface area (Å²) in [5.41, 5.74) is 5.50. The number of benzene rings is 2. The van der Waals surface area contributed by atoms with Gasteiger partial charge in [0.15, 0.2) is 5.38 Å². The summed E-state index contributed by atoms with van der Waals surface area (Å²) in [6.45, 7) is 3.18. The first-order valence-electron chi connectivity index (χ1n) is 8.74. The average Bonchev–Trinajstić information content (AvgIpc) is 3.36. The van der Waals surface area contributed by atoms with Crippen molar-refractivity contribution in [2.45, 2.75) is 13.5 Å². The molecule has 0 aliphatic heterocycles. The molecule has 2 N–H and O–H groups in total. The number of amides is 2. The summed E-state index contributed by atoms with van der Waals surface area (Å²) < 4.78 is 0. The number of hydrogen-bond acceptors (Lipinski definition) is 3. The van der Waals surface area contributed by atoms with Gasteiger partial charge in [0.25, 0.3) is 0 Å². The van der Waals surface area contributed by atoms with Gasteiger partial charge in [0.05, 0.1) is 27.7 Å². The lowest BCUT2D eigenvalue weighted by Crippen LogP contribution is -2.34. The Labute approximate surface area is 159 Å². The fourth-order valence-electron chi connectivity index (χ4n) is 2.86. The van der Waals surface area contributed by atoms with E-state index in [2.05, 4.69) is 20.3 Å². The van der Waals surface area contributed by atoms with Gasteiger partial charge < -0.3 is 10.2 Å². The zero-order chi connectivity index (χ0) is 18.6. The SMILES string of the molecule is CCN(Cc1ccccc1)C(=O)Nc1ccc2nc(-[s+]3ccnc3)[nH]c2c1. The number of carbonyl (C=O) groups is 1. The summed E-state index contributed by atoms with van der Waals surface area (Å²) in [7, 11) is -0.207. The predicted octanol–water partition coefficient (Wildman–Crippen LogP) is 4.75. The number of carbonyl (C=O) groups excluding carboxylic acids is 1. The van der Waals surface area contributed by atoms with Crippen LogP contribution in [-0.4, -0.2) is 32.4 Å². The number of aromatic amines is 1. The van der Waals surface area contributed by atoms with Gasteiger partial charge in [-0.2, -0.15) is 4.98 Å². The van der Waals surface area contributed by atoms with E-state index in [0.717, 1.165) is 27.4 Å². The minimum Gasteiger partial charge on any atom is -0.320 e. The van der Waals surface area contributed by atoms with Crippen LogP contribution in [0.25, 0.3) is 16.2 Å². The summed E-state index contributed by atoms with van der Waals surface area (Å²) in [6, 6.07) is 15.6. The van der Waals surface area contributed by atoms with Gasteiger partial charge in [-0.25, -0.2) is 9.78 Å². The maximum Gasteiger partial charge on any atom is 0.351 e. The quantitative estimate of drug-likeness (QED) is 0.492. The molecule has 2 aromatic carbocycles. The van der Waals surface area contributed by atoms with Crippen LogP contribution in [0.5, 0.6) is 0 Å². The highest BCUT2D eigenvalue weighted by Crippen LogP contribution is 2.29. The van der Waals surface area contributed by atoms with E-state index in [1.54, 1.807) is 11.1 Å². The van der Waals surface area contributed by atoms with Crippen LogP contribution in [0.4, 0.5) is 10.5 Å². The third-order valence-electron chi connectivity index (χ3n) is 4.29. The molecule has 6 nitrogen and oxygen atoms in total. The first kappa shape index (κ1) is 17.2. The number of urea groups is 1. The highest BCUT2D eigenvalue weighted by Gasteiger charge is 2.16. The van der Waals surface area contributed by atoms with Crippen LogP contribution in [-0.2, 0) is 6.54 Å². The third kappa shape index (κ3) is 3.83. The predicted molar refractivity (Wildman–Crippen MR) is 109 cm³/mol. The van der Waals surface area contributed by atoms with E-state index in [0.29, 0.717) is 13.1 Å². The lowest BCUT2D eigenvalue weighted by atomic mass is 10.2. The molecular weight excluding hydrogens is 358 g/mol. The lowest BCUT2D eigenvalue weighted by Gasteiger charge is -2.21. The van der Waals surface area contributed by atoms with Crippen molar-refractivity contribution in [1.82, 2.24) is 19.9 Å². The van der Waals surface area contributed by atoms with Crippen molar-refractivity contribution in [2.75, 3.05) is 11.9 Å². The second kappa shape index (κ2) is 7.59. The minimum atomic E-state index is -0.207. The Morgan fingerprint density at radius 3 is 2.81 bits per heavy atom. The third-order valence-corrected chi connectivity index (χ3v) is 5.69. The average molecular weight is 378 g/mol. The molecule has 1 unspecified atom stereocenters. The molecule has 0 saturated carbocycles. The monoisotopic (exact) mass is 378 g/mol. The zero-order valence-electron chi connectivity index (χ0n) is 14.9. The number of H-pyrrole nitrogens is 1. The Balaban J connectivity index is 1.50. The molecule has 2 heterocycles. The highest BCUT2D eigenvalue weighted by atomic mass is 32.2. The maximum absolute atomic E-state index is 12.7. The van der Waals surface area contributed by atoms with Crippen molar-refractivity contribution >= 4 is 33.2 Å². The molecule has 0 spiro atoms. The summed E-state index contributed by atoms with van der Waals surface area (Å²) >= 11 is 0. The van der Waals surface area contributed by atoms with E-state index in [-0.39, 0.29) is 16.5 Å². The van der Waals surface area contributed by atoms with Gasteiger partial charge in [-0.3, -0.25) is 4.98 Å². The number of imidazole rings is 1. The van der Waals surface area contributed by atoms with Crippen molar-refractivity contribution in [3.63, 3.8) is 0 Å². The number of nitrogens with zero attached hydrogens (tertiary/aromatic N) is 3. The van der Waals surface area contributed by atoms with E-state index >= 15 is 0 Å². The van der Waals surface area contributed by atoms with Crippen molar-refractivity contribution in [3.05, 3.63) is 71.2 Å². The van der Waals surface area contributed by atoms with Gasteiger partial charge in [0.2, 0.25) is 5.51 Å². The maximum atomic E-state index is 12.7. The summed E-state index contributed by atoms with van der Waals surface area (Å²) in [5.74, 6) is 0. The van der Waals surface area contributed by atoms with Crippen LogP contribution in [0.3, 0.4) is 0 Å². The molecule has 2 amide bonds. The second-order valence-corrected chi connectivity index (χ2v) is 7.73. The van der Waals surface area contributed by atoms with Crippen molar-refractivity contribution in [2.24, 2.45) is 0 Å². The van der Waals surface area contributed by atoms with E-state index < -0.39 is 0 Å². The molecule has 27 heavy (non-hydrogen) atoms. The Kier molecular flexibility index (Phi) is 4.84. The molecule has 1 atom stereocenters. The van der Waals surface area contributed by atoms with Gasteiger partial charge in [-0.05, 0) is 30.7 Å². The Bertz CT molecular complexity index is 1040. The van der Waals surface area contributed by atoms with Crippen molar-refractivity contribution in [3.8, 4) is 5.16 Å². The Morgan fingerprint density at radius 1 is 1.22 bits per heavy atom. The molecule has 2 aromatic heterocycles. The molecule has 7 heteroatoms. The standard InChI is InChI=1S/C20H19N5OS/c1-2-25(13-15-6-4-3-5-7-15)20(26)22-16-8-9-17-18(12-16)24-19(23-17)27-11-10-21-14-27/h3-12,14H,2,13H2,1H3,(H-,22,23,24,26)/p+1. The van der Waals surface area contributed by atoms with Crippen LogP contribution in [0.1, 0.15) is 12.5 Å². The first-order chi connectivity index (χ1) is 13.2. The fourth-order valence-corrected chi connectivity index (χ4v) is 3.99. The summed E-state index contributed by atoms with van der Waals surface area (Å²) in [5, 5.41) is 5.88. The van der Waals surface area contributed by atoms with Crippen LogP contribution in [0.15, 0.2) is 65.6 Å². The van der Waals surface area contributed by atoms with Crippen LogP contribution >= 0.6 is 10.5 Å². The molecule has 0 bridgehead atoms. The van der Waals surface area contributed by atoms with E-state index in [1.165, 1.54) is 0 Å². The smallest absolute Gasteiger partial charge is 0.320 e. The molecule has 4 rings (SSSR count). The van der Waals surface area contributed by atoms with Crippen molar-refractivity contribution < 1.29 is 4.79 Å². The number of anilines is 1. The highest BCUT2D eigenvalue weighted by molar-refractivity contribution is 7.36. The fraction of sp³-hybridized carbons (Fsp3) is 0.150. The molecule has 0 fully saturated rings. The zero-order valence-corrected chi connectivity index (χ0v) is 15.7. The topological polar surface area (TPSA) is 73.9 Å². The number of nitrogens with one attached hydrogen (secondary N) is 2. The molecule has 0 aliphatic carbocycles. The number of aromatic nitrogens is 3. The molecule has 136 valence electrons. The number of hydrogen-bond donors (Lipinski definition) is 2. The van der Waals surface area contributed by atoms with Gasteiger partial charge in [0, 0.05) is 18.8 Å². The largest absolute Gasteiger partial charge is 0.351 e. The normalized spacial score (nSPS) is 11.5. The Hall–Kier alpha value is -3.19. The van der Waals surface area contributed by atoms with Gasteiger partial charge in [-0.1, -0.05) is 30.3 Å². The number of thiazole rings is 1. The summed E-state index contributed by atoms with van der Waals surface area (Å²) in [4.78, 5) is 26.5. The molecular formula is C20H20N5OS+. The Morgan fingerprint density at radius 2 is 2.07 bits per heavy atom. The van der Waals surface area contributed by atoms with Gasteiger partial charge in [-0.15, -0.1) is 0 Å². The molecule has 4 aromatic rings. The molecule has 0 saturated heterocycles. The first-order valence-corrected chi connectivity index (χ1v) is 10.1. The van der Waals surface area contributed by atoms with Crippen LogP contribution in [0, 0.1) is 0 Å². The van der Waals surface area contributed by atoms with Gasteiger partial charge >= 0.3 is 11.2 Å². The lowest BCUT2D eigenvalue weighted by molar-refractivity contribution is 0.212. The molecule has 0 radical (unpaired) electrons. The van der Waals surface area contributed by atoms with E-state index in [1.807, 2.05) is 66.3 Å². The van der Waals surface area contributed by atoms with Crippen LogP contribution in [0.2, 0.25) is 0 Å². The number of fused-ring (bicyclic) bond motifs is 1. The summed E-state index contributed by atoms with van der Waals surface area (Å²) in [6.07, 6.45) is 1.79. The number of rotatable bonds is 5. The van der Waals surface area contributed by atoms with Gasteiger partial charge in [0.1, 0.15) is 0 Å². The second-order valence-electron chi connectivity index (χ2n) is 6.12. The van der Waals surface area contributed by atoms with E-state index in [9.17, 15) is 4.79 Å². The van der Waals surface area contributed by atoms with Crippen LogP contribution < -0.4 is 5.32 Å². The minimum absolute atomic E-state index is 0.117. The molecule has 0 aliphatic rings.